The molecule has 0 aromatic carbocycles. The number of rotatable bonds is 1. The van der Waals surface area contributed by atoms with Gasteiger partial charge in [0.2, 0.25) is 0 Å². The smallest absolute Gasteiger partial charge is 0.0748 e. The fourth-order valence-electron chi connectivity index (χ4n) is 3.70. The van der Waals surface area contributed by atoms with E-state index in [1.807, 2.05) is 13.8 Å². The third kappa shape index (κ3) is 2.24. The summed E-state index contributed by atoms with van der Waals surface area (Å²) in [7, 11) is 0. The SMILES string of the molecule is C/C1=C/C[C@@H]2[C@H](C[C@@]2(C)CO)[C@](C)(O)CC[C@H]1O. The van der Waals surface area contributed by atoms with Gasteiger partial charge in [-0.25, -0.2) is 0 Å². The molecule has 3 heteroatoms. The van der Waals surface area contributed by atoms with Crippen LogP contribution in [0.15, 0.2) is 11.6 Å². The molecule has 18 heavy (non-hydrogen) atoms. The van der Waals surface area contributed by atoms with Crippen LogP contribution < -0.4 is 0 Å². The number of hydrogen-bond donors (Lipinski definition) is 3. The fourth-order valence-corrected chi connectivity index (χ4v) is 3.70. The maximum absolute atomic E-state index is 10.6. The molecule has 0 aliphatic heterocycles. The van der Waals surface area contributed by atoms with Crippen LogP contribution in [0.1, 0.15) is 46.5 Å². The Balaban J connectivity index is 2.24. The van der Waals surface area contributed by atoms with Crippen LogP contribution in [0.25, 0.3) is 0 Å². The Kier molecular flexibility index (Phi) is 3.60. The summed E-state index contributed by atoms with van der Waals surface area (Å²) in [4.78, 5) is 0. The second-order valence-corrected chi connectivity index (χ2v) is 6.82. The number of fused-ring (bicyclic) bond motifs is 1. The fraction of sp³-hybridized carbons (Fsp3) is 0.867. The lowest BCUT2D eigenvalue weighted by Crippen LogP contribution is -2.57. The molecule has 0 amide bonds. The molecule has 1 fully saturated rings. The van der Waals surface area contributed by atoms with Crippen molar-refractivity contribution < 1.29 is 15.3 Å². The molecule has 0 radical (unpaired) electrons. The average molecular weight is 254 g/mol. The van der Waals surface area contributed by atoms with Gasteiger partial charge in [0.05, 0.1) is 11.7 Å². The molecule has 0 heterocycles. The first-order valence-electron chi connectivity index (χ1n) is 6.98. The van der Waals surface area contributed by atoms with Crippen LogP contribution in [0.3, 0.4) is 0 Å². The quantitative estimate of drug-likeness (QED) is 0.626. The van der Waals surface area contributed by atoms with E-state index >= 15 is 0 Å². The van der Waals surface area contributed by atoms with Gasteiger partial charge in [-0.05, 0) is 62.4 Å². The first-order chi connectivity index (χ1) is 8.30. The molecule has 0 spiro atoms. The van der Waals surface area contributed by atoms with E-state index in [1.165, 1.54) is 0 Å². The molecule has 1 saturated carbocycles. The lowest BCUT2D eigenvalue weighted by atomic mass is 9.49. The van der Waals surface area contributed by atoms with Gasteiger partial charge >= 0.3 is 0 Å². The molecule has 104 valence electrons. The highest BCUT2D eigenvalue weighted by Crippen LogP contribution is 2.57. The Bertz CT molecular complexity index is 348. The standard InChI is InChI=1S/C15H26O3/c1-10-4-5-11-12(8-14(11,2)9-16)15(3,18)7-6-13(10)17/h4,11-13,16-18H,5-9H2,1-3H3/b10-4-/t11-,12+,13-,14+,15-/m1/s1. The van der Waals surface area contributed by atoms with Crippen LogP contribution in [0.4, 0.5) is 0 Å². The monoisotopic (exact) mass is 254 g/mol. The molecular weight excluding hydrogens is 228 g/mol. The van der Waals surface area contributed by atoms with Gasteiger partial charge in [0, 0.05) is 6.61 Å². The second kappa shape index (κ2) is 4.62. The Morgan fingerprint density at radius 2 is 2.00 bits per heavy atom. The number of hydrogen-bond acceptors (Lipinski definition) is 3. The molecular formula is C15H26O3. The Morgan fingerprint density at radius 1 is 1.33 bits per heavy atom. The van der Waals surface area contributed by atoms with E-state index in [0.29, 0.717) is 18.8 Å². The van der Waals surface area contributed by atoms with Crippen LogP contribution in [0.5, 0.6) is 0 Å². The van der Waals surface area contributed by atoms with Crippen molar-refractivity contribution in [3.05, 3.63) is 11.6 Å². The molecule has 0 bridgehead atoms. The summed E-state index contributed by atoms with van der Waals surface area (Å²) in [6.45, 7) is 6.12. The summed E-state index contributed by atoms with van der Waals surface area (Å²) < 4.78 is 0. The van der Waals surface area contributed by atoms with Gasteiger partial charge in [0.25, 0.3) is 0 Å². The van der Waals surface area contributed by atoms with Gasteiger partial charge in [-0.1, -0.05) is 13.0 Å². The average Bonchev–Trinajstić information content (AvgIpc) is 2.34. The van der Waals surface area contributed by atoms with Crippen molar-refractivity contribution in [2.24, 2.45) is 17.3 Å². The third-order valence-corrected chi connectivity index (χ3v) is 5.37. The first kappa shape index (κ1) is 14.0. The minimum absolute atomic E-state index is 0.0687. The van der Waals surface area contributed by atoms with E-state index in [-0.39, 0.29) is 17.9 Å². The molecule has 2 aliphatic carbocycles. The first-order valence-corrected chi connectivity index (χ1v) is 6.98. The minimum Gasteiger partial charge on any atom is -0.396 e. The van der Waals surface area contributed by atoms with Gasteiger partial charge in [-0.2, -0.15) is 0 Å². The summed E-state index contributed by atoms with van der Waals surface area (Å²) in [5.41, 5.74) is 0.207. The van der Waals surface area contributed by atoms with Gasteiger partial charge in [0.15, 0.2) is 0 Å². The summed E-state index contributed by atoms with van der Waals surface area (Å²) >= 11 is 0. The molecule has 3 nitrogen and oxygen atoms in total. The molecule has 0 aromatic rings. The van der Waals surface area contributed by atoms with Crippen molar-refractivity contribution in [3.63, 3.8) is 0 Å². The predicted molar refractivity (Wildman–Crippen MR) is 71.0 cm³/mol. The highest BCUT2D eigenvalue weighted by atomic mass is 16.3. The number of aliphatic hydroxyl groups is 3. The summed E-state index contributed by atoms with van der Waals surface area (Å²) in [5, 5.41) is 30.2. The molecule has 2 rings (SSSR count). The maximum Gasteiger partial charge on any atom is 0.0748 e. The summed E-state index contributed by atoms with van der Waals surface area (Å²) in [6, 6.07) is 0. The van der Waals surface area contributed by atoms with E-state index in [2.05, 4.69) is 13.0 Å². The van der Waals surface area contributed by atoms with Crippen molar-refractivity contribution in [1.29, 1.82) is 0 Å². The van der Waals surface area contributed by atoms with Crippen LogP contribution >= 0.6 is 0 Å². The third-order valence-electron chi connectivity index (χ3n) is 5.37. The number of allylic oxidation sites excluding steroid dienone is 1. The van der Waals surface area contributed by atoms with Crippen LogP contribution in [-0.4, -0.2) is 33.6 Å². The van der Waals surface area contributed by atoms with E-state index < -0.39 is 11.7 Å². The van der Waals surface area contributed by atoms with Crippen molar-refractivity contribution in [3.8, 4) is 0 Å². The van der Waals surface area contributed by atoms with Gasteiger partial charge < -0.3 is 15.3 Å². The molecule has 0 saturated heterocycles. The van der Waals surface area contributed by atoms with Crippen LogP contribution in [0, 0.1) is 17.3 Å². The molecule has 0 unspecified atom stereocenters. The number of aliphatic hydroxyl groups excluding tert-OH is 2. The zero-order valence-corrected chi connectivity index (χ0v) is 11.7. The van der Waals surface area contributed by atoms with E-state index in [9.17, 15) is 15.3 Å². The van der Waals surface area contributed by atoms with Crippen molar-refractivity contribution in [1.82, 2.24) is 0 Å². The van der Waals surface area contributed by atoms with E-state index in [4.69, 9.17) is 0 Å². The van der Waals surface area contributed by atoms with Crippen molar-refractivity contribution >= 4 is 0 Å². The van der Waals surface area contributed by atoms with E-state index in [1.54, 1.807) is 0 Å². The Labute approximate surface area is 110 Å². The molecule has 2 aliphatic rings. The van der Waals surface area contributed by atoms with Crippen molar-refractivity contribution in [2.75, 3.05) is 6.61 Å². The van der Waals surface area contributed by atoms with Crippen LogP contribution in [-0.2, 0) is 0 Å². The molecule has 3 N–H and O–H groups in total. The molecule has 5 atom stereocenters. The summed E-state index contributed by atoms with van der Waals surface area (Å²) in [5.74, 6) is 0.557. The van der Waals surface area contributed by atoms with Gasteiger partial charge in [-0.3, -0.25) is 0 Å². The maximum atomic E-state index is 10.6. The molecule has 0 aromatic heterocycles. The Hall–Kier alpha value is -0.380. The minimum atomic E-state index is -0.723. The predicted octanol–water partition coefficient (Wildman–Crippen LogP) is 1.86. The van der Waals surface area contributed by atoms with Gasteiger partial charge in [-0.15, -0.1) is 0 Å². The topological polar surface area (TPSA) is 60.7 Å². The van der Waals surface area contributed by atoms with Gasteiger partial charge in [0.1, 0.15) is 0 Å². The normalized spacial score (nSPS) is 52.1. The lowest BCUT2D eigenvalue weighted by molar-refractivity contribution is -0.161. The van der Waals surface area contributed by atoms with Crippen molar-refractivity contribution in [2.45, 2.75) is 58.2 Å². The Morgan fingerprint density at radius 3 is 2.61 bits per heavy atom. The highest BCUT2D eigenvalue weighted by Gasteiger charge is 2.55. The largest absolute Gasteiger partial charge is 0.396 e. The van der Waals surface area contributed by atoms with Crippen LogP contribution in [0.2, 0.25) is 0 Å². The zero-order chi connectivity index (χ0) is 13.6. The summed E-state index contributed by atoms with van der Waals surface area (Å²) in [6.07, 6.45) is 4.63. The second-order valence-electron chi connectivity index (χ2n) is 6.82. The zero-order valence-electron chi connectivity index (χ0n) is 11.7. The lowest BCUT2D eigenvalue weighted by Gasteiger charge is -2.57. The van der Waals surface area contributed by atoms with E-state index in [0.717, 1.165) is 18.4 Å². The highest BCUT2D eigenvalue weighted by molar-refractivity contribution is 5.13.